The third-order valence-electron chi connectivity index (χ3n) is 7.48. The molecule has 4 aliphatic rings. The number of likely N-dealkylation sites (tertiary alicyclic amines) is 1. The molecule has 2 bridgehead atoms. The van der Waals surface area contributed by atoms with E-state index in [1.165, 1.54) is 24.4 Å². The van der Waals surface area contributed by atoms with Crippen molar-refractivity contribution >= 4 is 49.3 Å². The lowest BCUT2D eigenvalue weighted by Gasteiger charge is -2.45. The summed E-state index contributed by atoms with van der Waals surface area (Å²) in [4.78, 5) is 33.2. The van der Waals surface area contributed by atoms with Crippen LogP contribution in [0.1, 0.15) is 24.8 Å². The Morgan fingerprint density at radius 1 is 1.15 bits per heavy atom. The zero-order chi connectivity index (χ0) is 23.8. The minimum atomic E-state index is -4.16. The second-order valence-corrected chi connectivity index (χ2v) is 11.8. The maximum absolute atomic E-state index is 13.8. The Hall–Kier alpha value is -2.66. The van der Waals surface area contributed by atoms with E-state index >= 15 is 0 Å². The molecule has 5 atom stereocenters. The summed E-state index contributed by atoms with van der Waals surface area (Å²) in [6.07, 6.45) is 4.18. The van der Waals surface area contributed by atoms with Gasteiger partial charge >= 0.3 is 0 Å². The number of amides is 1. The van der Waals surface area contributed by atoms with Gasteiger partial charge in [0.15, 0.2) is 17.5 Å². The number of piperidine rings is 1. The summed E-state index contributed by atoms with van der Waals surface area (Å²) in [7, 11) is -4.16. The third-order valence-corrected chi connectivity index (χ3v) is 9.22. The van der Waals surface area contributed by atoms with Crippen molar-refractivity contribution in [2.45, 2.75) is 36.7 Å². The highest BCUT2D eigenvalue weighted by Gasteiger charge is 2.60. The Morgan fingerprint density at radius 3 is 2.65 bits per heavy atom. The van der Waals surface area contributed by atoms with Crippen molar-refractivity contribution in [3.63, 3.8) is 0 Å². The highest BCUT2D eigenvalue weighted by molar-refractivity contribution is 9.10. The number of rotatable bonds is 3. The summed E-state index contributed by atoms with van der Waals surface area (Å²) in [5, 5.41) is 2.85. The number of carbonyl (C=O) groups is 2. The second-order valence-electron chi connectivity index (χ2n) is 9.35. The molecular weight excluding hydrogens is 527 g/mol. The number of amidine groups is 1. The van der Waals surface area contributed by atoms with Gasteiger partial charge in [0, 0.05) is 29.2 Å². The number of nitrogens with zero attached hydrogens (tertiary/aromatic N) is 3. The predicted octanol–water partition coefficient (Wildman–Crippen LogP) is 3.14. The fourth-order valence-electron chi connectivity index (χ4n) is 6.12. The molecule has 2 aromatic rings. The van der Waals surface area contributed by atoms with Crippen molar-refractivity contribution in [2.75, 3.05) is 5.32 Å². The van der Waals surface area contributed by atoms with Crippen LogP contribution >= 0.6 is 15.9 Å². The molecule has 2 aliphatic carbocycles. The van der Waals surface area contributed by atoms with Gasteiger partial charge in [0.1, 0.15) is 16.5 Å². The number of carbonyl (C=O) groups excluding carboxylic acids is 2. The lowest BCUT2D eigenvalue weighted by Crippen LogP contribution is -2.61. The molecule has 8 nitrogen and oxygen atoms in total. The molecule has 1 saturated heterocycles. The van der Waals surface area contributed by atoms with Crippen LogP contribution in [0, 0.1) is 29.5 Å². The second kappa shape index (κ2) is 7.67. The summed E-state index contributed by atoms with van der Waals surface area (Å²) in [6, 6.07) is 7.06. The number of ketones is 1. The molecule has 6 rings (SSSR count). The molecular formula is C23H20BrFN4O4S. The van der Waals surface area contributed by atoms with Gasteiger partial charge in [0.25, 0.3) is 10.0 Å². The van der Waals surface area contributed by atoms with Crippen LogP contribution < -0.4 is 5.32 Å². The molecule has 1 amide bonds. The van der Waals surface area contributed by atoms with Gasteiger partial charge in [-0.15, -0.1) is 4.40 Å². The zero-order valence-corrected chi connectivity index (χ0v) is 20.2. The van der Waals surface area contributed by atoms with Crippen LogP contribution in [-0.4, -0.2) is 41.9 Å². The molecule has 176 valence electrons. The van der Waals surface area contributed by atoms with E-state index in [0.29, 0.717) is 4.47 Å². The van der Waals surface area contributed by atoms with Crippen molar-refractivity contribution in [1.29, 1.82) is 0 Å². The number of aromatic nitrogens is 1. The van der Waals surface area contributed by atoms with Crippen molar-refractivity contribution in [2.24, 2.45) is 28.1 Å². The highest BCUT2D eigenvalue weighted by atomic mass is 79.9. The maximum Gasteiger partial charge on any atom is 0.287 e. The van der Waals surface area contributed by atoms with E-state index in [1.54, 1.807) is 17.0 Å². The van der Waals surface area contributed by atoms with E-state index in [4.69, 9.17) is 0 Å². The molecule has 11 heteroatoms. The number of nitrogens with one attached hydrogen (secondary N) is 1. The molecule has 3 heterocycles. The van der Waals surface area contributed by atoms with Crippen molar-refractivity contribution in [3.05, 3.63) is 52.4 Å². The Morgan fingerprint density at radius 2 is 1.88 bits per heavy atom. The molecule has 0 spiro atoms. The lowest BCUT2D eigenvalue weighted by molar-refractivity contribution is -0.153. The molecule has 0 radical (unpaired) electrons. The summed E-state index contributed by atoms with van der Waals surface area (Å²) in [6.45, 7) is 0.217. The Bertz CT molecular complexity index is 1360. The molecule has 2 saturated carbocycles. The van der Waals surface area contributed by atoms with Gasteiger partial charge in [-0.1, -0.05) is 12.1 Å². The van der Waals surface area contributed by atoms with E-state index in [-0.39, 0.29) is 58.5 Å². The monoisotopic (exact) mass is 546 g/mol. The first-order valence-corrected chi connectivity index (χ1v) is 13.3. The van der Waals surface area contributed by atoms with Gasteiger partial charge in [-0.05, 0) is 70.8 Å². The summed E-state index contributed by atoms with van der Waals surface area (Å²) in [5.41, 5.74) is 0.743. The normalized spacial score (nSPS) is 31.1. The van der Waals surface area contributed by atoms with Crippen LogP contribution in [0.25, 0.3) is 0 Å². The largest absolute Gasteiger partial charge is 0.333 e. The Balaban J connectivity index is 1.41. The fraction of sp³-hybridized carbons (Fsp3) is 0.391. The van der Waals surface area contributed by atoms with E-state index < -0.39 is 21.8 Å². The Kier molecular flexibility index (Phi) is 4.93. The van der Waals surface area contributed by atoms with Crippen molar-refractivity contribution in [1.82, 2.24) is 9.88 Å². The van der Waals surface area contributed by atoms with Gasteiger partial charge in [0.2, 0.25) is 5.91 Å². The SMILES string of the molecule is O=C1C(C2=NS(=O)(=O)c3cc(Br)cnc3N2)C(=O)N(Cc2ccc(F)cc2)[C@@H]2C1[C@H]1CC[C@@H]2C1. The zero-order valence-electron chi connectivity index (χ0n) is 17.8. The van der Waals surface area contributed by atoms with E-state index in [2.05, 4.69) is 30.6 Å². The lowest BCUT2D eigenvalue weighted by atomic mass is 9.73. The van der Waals surface area contributed by atoms with Crippen LogP contribution in [0.2, 0.25) is 0 Å². The number of anilines is 1. The highest BCUT2D eigenvalue weighted by Crippen LogP contribution is 2.54. The van der Waals surface area contributed by atoms with Crippen LogP contribution in [0.5, 0.6) is 0 Å². The first-order valence-electron chi connectivity index (χ1n) is 11.1. The number of sulfonamides is 1. The van der Waals surface area contributed by atoms with Crippen LogP contribution in [0.15, 0.2) is 50.3 Å². The van der Waals surface area contributed by atoms with Gasteiger partial charge in [-0.3, -0.25) is 9.59 Å². The molecule has 1 aromatic carbocycles. The summed E-state index contributed by atoms with van der Waals surface area (Å²) in [5.74, 6) is -2.63. The number of halogens is 2. The first kappa shape index (κ1) is 21.8. The minimum absolute atomic E-state index is 0.0361. The van der Waals surface area contributed by atoms with Gasteiger partial charge in [-0.2, -0.15) is 8.42 Å². The van der Waals surface area contributed by atoms with Crippen LogP contribution in [0.4, 0.5) is 10.2 Å². The molecule has 1 N–H and O–H groups in total. The number of hydrogen-bond acceptors (Lipinski definition) is 6. The molecule has 3 fully saturated rings. The molecule has 34 heavy (non-hydrogen) atoms. The van der Waals surface area contributed by atoms with E-state index in [1.807, 2.05) is 0 Å². The number of Topliss-reactive ketones (excluding diaryl/α,β-unsaturated/α-hetero) is 1. The topological polar surface area (TPSA) is 109 Å². The average molecular weight is 547 g/mol. The fourth-order valence-corrected chi connectivity index (χ4v) is 7.73. The van der Waals surface area contributed by atoms with Crippen molar-refractivity contribution < 1.29 is 22.4 Å². The molecule has 1 aromatic heterocycles. The standard InChI is InChI=1S/C23H20BrFN4O4S/c24-14-8-16-21(26-9-14)27-22(28-34(16,32)33)18-20(30)17-12-3-4-13(7-12)19(17)29(23(18)31)10-11-1-5-15(25)6-2-11/h1-2,5-6,8-9,12-13,17-19H,3-4,7,10H2,(H,26,27,28)/t12-,13+,17?,18?,19-/m0/s1. The first-order chi connectivity index (χ1) is 16.2. The van der Waals surface area contributed by atoms with Crippen molar-refractivity contribution in [3.8, 4) is 0 Å². The number of hydrogen-bond donors (Lipinski definition) is 1. The third kappa shape index (κ3) is 3.31. The van der Waals surface area contributed by atoms with Gasteiger partial charge in [0.05, 0.1) is 0 Å². The predicted molar refractivity (Wildman–Crippen MR) is 124 cm³/mol. The quantitative estimate of drug-likeness (QED) is 0.592. The van der Waals surface area contributed by atoms with E-state index in [9.17, 15) is 22.4 Å². The average Bonchev–Trinajstić information content (AvgIpc) is 3.40. The van der Waals surface area contributed by atoms with Gasteiger partial charge < -0.3 is 10.2 Å². The van der Waals surface area contributed by atoms with Crippen LogP contribution in [-0.2, 0) is 26.2 Å². The molecule has 2 aliphatic heterocycles. The van der Waals surface area contributed by atoms with E-state index in [0.717, 1.165) is 24.8 Å². The minimum Gasteiger partial charge on any atom is -0.333 e. The number of benzene rings is 1. The Labute approximate surface area is 203 Å². The number of fused-ring (bicyclic) bond motifs is 6. The summed E-state index contributed by atoms with van der Waals surface area (Å²) >= 11 is 3.20. The maximum atomic E-state index is 13.8. The molecule has 2 unspecified atom stereocenters. The van der Waals surface area contributed by atoms with Crippen LogP contribution in [0.3, 0.4) is 0 Å². The number of pyridine rings is 1. The van der Waals surface area contributed by atoms with Gasteiger partial charge in [-0.25, -0.2) is 9.37 Å². The summed E-state index contributed by atoms with van der Waals surface area (Å²) < 4.78 is 43.5. The smallest absolute Gasteiger partial charge is 0.287 e.